The molecule has 0 aromatic carbocycles. The third kappa shape index (κ3) is 2.08. The van der Waals surface area contributed by atoms with E-state index in [2.05, 4.69) is 28.4 Å². The summed E-state index contributed by atoms with van der Waals surface area (Å²) in [5.41, 5.74) is 0.922. The van der Waals surface area contributed by atoms with Crippen LogP contribution in [-0.4, -0.2) is 26.3 Å². The fourth-order valence-electron chi connectivity index (χ4n) is 3.09. The first-order valence-corrected chi connectivity index (χ1v) is 8.39. The molecule has 6 nitrogen and oxygen atoms in total. The highest BCUT2D eigenvalue weighted by atomic mass is 32.2. The average molecular weight is 316 g/mol. The maximum atomic E-state index is 12.5. The molecule has 2 aromatic heterocycles. The van der Waals surface area contributed by atoms with Gasteiger partial charge in [-0.2, -0.15) is 4.98 Å². The smallest absolute Gasteiger partial charge is 0.227 e. The molecule has 114 valence electrons. The van der Waals surface area contributed by atoms with Gasteiger partial charge in [-0.15, -0.1) is 5.10 Å². The highest BCUT2D eigenvalue weighted by molar-refractivity contribution is 7.99. The van der Waals surface area contributed by atoms with Gasteiger partial charge in [-0.3, -0.25) is 4.79 Å². The van der Waals surface area contributed by atoms with Crippen molar-refractivity contribution in [1.29, 1.82) is 0 Å². The largest absolute Gasteiger partial charge is 0.467 e. The van der Waals surface area contributed by atoms with Crippen LogP contribution in [0.2, 0.25) is 0 Å². The number of nitrogens with one attached hydrogen (secondary N) is 1. The first-order valence-electron chi connectivity index (χ1n) is 7.40. The summed E-state index contributed by atoms with van der Waals surface area (Å²) in [5, 5.41) is 8.56. The van der Waals surface area contributed by atoms with Crippen LogP contribution in [0.4, 0.5) is 5.95 Å². The molecular formula is C15H16N4O2S. The van der Waals surface area contributed by atoms with Crippen molar-refractivity contribution in [3.63, 3.8) is 0 Å². The van der Waals surface area contributed by atoms with E-state index in [1.165, 1.54) is 0 Å². The Morgan fingerprint density at radius 2 is 2.45 bits per heavy atom. The summed E-state index contributed by atoms with van der Waals surface area (Å²) in [5.74, 6) is 2.27. The maximum Gasteiger partial charge on any atom is 0.227 e. The third-order valence-electron chi connectivity index (χ3n) is 3.99. The van der Waals surface area contributed by atoms with Gasteiger partial charge in [0.1, 0.15) is 17.6 Å². The lowest BCUT2D eigenvalue weighted by Gasteiger charge is -2.34. The normalized spacial score (nSPS) is 23.5. The van der Waals surface area contributed by atoms with E-state index >= 15 is 0 Å². The number of aromatic nitrogens is 3. The van der Waals surface area contributed by atoms with Gasteiger partial charge in [0.2, 0.25) is 11.1 Å². The molecule has 0 saturated heterocycles. The summed E-state index contributed by atoms with van der Waals surface area (Å²) in [4.78, 5) is 17.0. The van der Waals surface area contributed by atoms with Crippen molar-refractivity contribution < 1.29 is 9.21 Å². The van der Waals surface area contributed by atoms with Crippen molar-refractivity contribution in [2.75, 3.05) is 11.1 Å². The minimum absolute atomic E-state index is 0.220. The number of hydrogen-bond donors (Lipinski definition) is 1. The second-order valence-corrected chi connectivity index (χ2v) is 6.55. The molecule has 7 heteroatoms. The van der Waals surface area contributed by atoms with E-state index < -0.39 is 0 Å². The van der Waals surface area contributed by atoms with Crippen LogP contribution < -0.4 is 5.32 Å². The predicted molar refractivity (Wildman–Crippen MR) is 82.7 cm³/mol. The van der Waals surface area contributed by atoms with E-state index in [1.807, 2.05) is 12.1 Å². The highest BCUT2D eigenvalue weighted by Gasteiger charge is 2.42. The van der Waals surface area contributed by atoms with Gasteiger partial charge >= 0.3 is 0 Å². The van der Waals surface area contributed by atoms with Gasteiger partial charge in [-0.1, -0.05) is 24.8 Å². The van der Waals surface area contributed by atoms with Gasteiger partial charge in [0.15, 0.2) is 0 Å². The summed E-state index contributed by atoms with van der Waals surface area (Å²) in [6, 6.07) is 3.48. The van der Waals surface area contributed by atoms with E-state index in [-0.39, 0.29) is 17.7 Å². The van der Waals surface area contributed by atoms with Crippen molar-refractivity contribution in [2.24, 2.45) is 5.92 Å². The number of anilines is 1. The molecule has 0 radical (unpaired) electrons. The zero-order valence-electron chi connectivity index (χ0n) is 12.2. The molecule has 4 rings (SSSR count). The Bertz CT molecular complexity index is 735. The molecular weight excluding hydrogens is 300 g/mol. The molecule has 1 N–H and O–H groups in total. The molecule has 0 bridgehead atoms. The molecule has 0 unspecified atom stereocenters. The first-order chi connectivity index (χ1) is 10.8. The number of nitrogens with zero attached hydrogens (tertiary/aromatic N) is 3. The van der Waals surface area contributed by atoms with Crippen LogP contribution in [0.3, 0.4) is 0 Å². The minimum Gasteiger partial charge on any atom is -0.467 e. The lowest BCUT2D eigenvalue weighted by Crippen LogP contribution is -2.38. The van der Waals surface area contributed by atoms with Crippen molar-refractivity contribution in [3.05, 3.63) is 35.9 Å². The topological polar surface area (TPSA) is 73.0 Å². The van der Waals surface area contributed by atoms with Crippen LogP contribution >= 0.6 is 11.8 Å². The third-order valence-corrected chi connectivity index (χ3v) is 4.71. The van der Waals surface area contributed by atoms with E-state index in [0.29, 0.717) is 17.5 Å². The molecule has 2 aromatic rings. The van der Waals surface area contributed by atoms with Crippen LogP contribution in [0, 0.1) is 5.92 Å². The molecule has 0 spiro atoms. The quantitative estimate of drug-likeness (QED) is 0.878. The van der Waals surface area contributed by atoms with Gasteiger partial charge in [0.05, 0.1) is 12.2 Å². The molecule has 1 aliphatic carbocycles. The minimum atomic E-state index is -0.270. The van der Waals surface area contributed by atoms with Gasteiger partial charge in [0, 0.05) is 12.1 Å². The van der Waals surface area contributed by atoms with Crippen molar-refractivity contribution in [2.45, 2.75) is 31.0 Å². The monoisotopic (exact) mass is 316 g/mol. The second-order valence-electron chi connectivity index (χ2n) is 5.32. The van der Waals surface area contributed by atoms with Gasteiger partial charge < -0.3 is 9.73 Å². The number of ketones is 1. The molecule has 2 atom stereocenters. The molecule has 0 amide bonds. The zero-order valence-corrected chi connectivity index (χ0v) is 13.0. The van der Waals surface area contributed by atoms with Gasteiger partial charge in [-0.05, 0) is 24.3 Å². The predicted octanol–water partition coefficient (Wildman–Crippen LogP) is 2.86. The summed E-state index contributed by atoms with van der Waals surface area (Å²) in [6.45, 7) is 2.06. The summed E-state index contributed by atoms with van der Waals surface area (Å²) in [6.07, 6.45) is 5.06. The maximum absolute atomic E-state index is 12.5. The van der Waals surface area contributed by atoms with Crippen LogP contribution in [0.25, 0.3) is 0 Å². The molecule has 0 saturated carbocycles. The van der Waals surface area contributed by atoms with Crippen LogP contribution in [-0.2, 0) is 4.79 Å². The van der Waals surface area contributed by atoms with Crippen LogP contribution in [0.15, 0.2) is 39.7 Å². The van der Waals surface area contributed by atoms with Crippen molar-refractivity contribution in [3.8, 4) is 0 Å². The SMILES string of the molecule is CCSc1nc2n(n1)[C@@H](c1ccco1)[C@@H]1C(=O)CCC=C1N2. The molecule has 2 aliphatic rings. The Morgan fingerprint density at radius 3 is 3.23 bits per heavy atom. The number of carbonyl (C=O) groups is 1. The van der Waals surface area contributed by atoms with Gasteiger partial charge in [0.25, 0.3) is 0 Å². The summed E-state index contributed by atoms with van der Waals surface area (Å²) >= 11 is 1.58. The van der Waals surface area contributed by atoms with E-state index in [9.17, 15) is 4.79 Å². The first kappa shape index (κ1) is 13.6. The Kier molecular flexibility index (Phi) is 3.29. The molecule has 22 heavy (non-hydrogen) atoms. The number of Topliss-reactive ketones (excluding diaryl/α,β-unsaturated/α-hetero) is 1. The van der Waals surface area contributed by atoms with Crippen LogP contribution in [0.5, 0.6) is 0 Å². The summed E-state index contributed by atoms with van der Waals surface area (Å²) in [7, 11) is 0. The van der Waals surface area contributed by atoms with Gasteiger partial charge in [-0.25, -0.2) is 4.68 Å². The molecule has 0 fully saturated rings. The Hall–Kier alpha value is -2.02. The average Bonchev–Trinajstić information content (AvgIpc) is 3.14. The Morgan fingerprint density at radius 1 is 1.55 bits per heavy atom. The number of fused-ring (bicyclic) bond motifs is 2. The Labute approximate surface area is 132 Å². The fraction of sp³-hybridized carbons (Fsp3) is 0.400. The van der Waals surface area contributed by atoms with Crippen LogP contribution in [0.1, 0.15) is 31.6 Å². The summed E-state index contributed by atoms with van der Waals surface area (Å²) < 4.78 is 7.39. The van der Waals surface area contributed by atoms with E-state index in [4.69, 9.17) is 4.42 Å². The molecule has 1 aliphatic heterocycles. The lowest BCUT2D eigenvalue weighted by atomic mass is 9.83. The Balaban J connectivity index is 1.86. The number of rotatable bonds is 3. The number of carbonyl (C=O) groups excluding carboxylic acids is 1. The number of furan rings is 1. The zero-order chi connectivity index (χ0) is 15.1. The van der Waals surface area contributed by atoms with Crippen molar-refractivity contribution >= 4 is 23.5 Å². The lowest BCUT2D eigenvalue weighted by molar-refractivity contribution is -0.123. The second kappa shape index (κ2) is 5.31. The number of allylic oxidation sites excluding steroid dienone is 2. The van der Waals surface area contributed by atoms with E-state index in [1.54, 1.807) is 22.7 Å². The highest BCUT2D eigenvalue weighted by Crippen LogP contribution is 2.41. The number of hydrogen-bond acceptors (Lipinski definition) is 6. The molecule has 3 heterocycles. The number of thioether (sulfide) groups is 1. The van der Waals surface area contributed by atoms with E-state index in [0.717, 1.165) is 23.6 Å². The standard InChI is InChI=1S/C15H16N4O2S/c1-2-22-15-17-14-16-9-5-3-6-10(20)12(9)13(19(14)18-15)11-7-4-8-21-11/h4-5,7-8,12-13H,2-3,6H2,1H3,(H,16,17,18)/t12-,13-/m0/s1. The fourth-order valence-corrected chi connectivity index (χ4v) is 3.64. The van der Waals surface area contributed by atoms with Crippen molar-refractivity contribution in [1.82, 2.24) is 14.8 Å².